The van der Waals surface area contributed by atoms with Crippen molar-refractivity contribution in [3.8, 4) is 11.5 Å². The zero-order chi connectivity index (χ0) is 21.6. The molecule has 0 bridgehead atoms. The van der Waals surface area contributed by atoms with Crippen molar-refractivity contribution in [1.29, 1.82) is 0 Å². The lowest BCUT2D eigenvalue weighted by atomic mass is 9.98. The largest absolute Gasteiger partial charge is 0.497 e. The highest BCUT2D eigenvalue weighted by molar-refractivity contribution is 5.68. The Hall–Kier alpha value is -2.85. The van der Waals surface area contributed by atoms with Crippen LogP contribution in [-0.4, -0.2) is 67.4 Å². The molecule has 2 rings (SSSR count). The number of benzene rings is 1. The van der Waals surface area contributed by atoms with Gasteiger partial charge in [0.2, 0.25) is 12.4 Å². The molecule has 0 amide bonds. The monoisotopic (exact) mass is 412 g/mol. The first-order valence-electron chi connectivity index (χ1n) is 8.83. The minimum Gasteiger partial charge on any atom is -0.497 e. The maximum Gasteiger partial charge on any atom is 0.303 e. The molecule has 0 unspecified atom stereocenters. The van der Waals surface area contributed by atoms with Gasteiger partial charge >= 0.3 is 17.9 Å². The molecule has 0 saturated carbocycles. The van der Waals surface area contributed by atoms with Crippen LogP contribution in [0.2, 0.25) is 0 Å². The number of methoxy groups -OCH3 is 1. The summed E-state index contributed by atoms with van der Waals surface area (Å²) >= 11 is 0. The number of rotatable bonds is 7. The molecule has 1 aromatic rings. The molecule has 0 aromatic heterocycles. The average Bonchev–Trinajstić information content (AvgIpc) is 2.65. The molecule has 29 heavy (non-hydrogen) atoms. The van der Waals surface area contributed by atoms with Gasteiger partial charge in [0.25, 0.3) is 0 Å². The van der Waals surface area contributed by atoms with E-state index in [4.69, 9.17) is 28.4 Å². The van der Waals surface area contributed by atoms with E-state index in [1.165, 1.54) is 7.11 Å². The molecule has 0 radical (unpaired) electrons. The molecular weight excluding hydrogens is 388 g/mol. The fourth-order valence-corrected chi connectivity index (χ4v) is 2.89. The molecule has 1 heterocycles. The smallest absolute Gasteiger partial charge is 0.303 e. The van der Waals surface area contributed by atoms with Crippen molar-refractivity contribution in [3.05, 3.63) is 24.3 Å². The lowest BCUT2D eigenvalue weighted by Gasteiger charge is -2.43. The van der Waals surface area contributed by atoms with E-state index in [-0.39, 0.29) is 0 Å². The van der Waals surface area contributed by atoms with Crippen LogP contribution in [0, 0.1) is 0 Å². The lowest BCUT2D eigenvalue weighted by Crippen LogP contribution is -2.63. The number of aliphatic hydroxyl groups excluding tert-OH is 1. The maximum absolute atomic E-state index is 11.7. The Balaban J connectivity index is 2.37. The van der Waals surface area contributed by atoms with Crippen molar-refractivity contribution in [2.75, 3.05) is 13.7 Å². The van der Waals surface area contributed by atoms with Gasteiger partial charge in [0, 0.05) is 20.8 Å². The van der Waals surface area contributed by atoms with E-state index >= 15 is 0 Å². The second-order valence-corrected chi connectivity index (χ2v) is 6.24. The van der Waals surface area contributed by atoms with Gasteiger partial charge in [-0.05, 0) is 24.3 Å². The van der Waals surface area contributed by atoms with Gasteiger partial charge in [0.1, 0.15) is 17.6 Å². The second-order valence-electron chi connectivity index (χ2n) is 6.24. The molecule has 0 aliphatic carbocycles. The van der Waals surface area contributed by atoms with Gasteiger partial charge in [-0.15, -0.1) is 0 Å². The summed E-state index contributed by atoms with van der Waals surface area (Å²) in [5.41, 5.74) is 0. The number of carbonyl (C=O) groups is 3. The molecule has 1 saturated heterocycles. The van der Waals surface area contributed by atoms with Gasteiger partial charge in [-0.25, -0.2) is 0 Å². The Kier molecular flexibility index (Phi) is 7.80. The van der Waals surface area contributed by atoms with Crippen LogP contribution in [0.4, 0.5) is 0 Å². The second kappa shape index (κ2) is 10.1. The van der Waals surface area contributed by atoms with E-state index in [2.05, 4.69) is 0 Å². The highest BCUT2D eigenvalue weighted by Gasteiger charge is 2.52. The molecular formula is C19H24O10. The van der Waals surface area contributed by atoms with Crippen LogP contribution in [0.15, 0.2) is 24.3 Å². The summed E-state index contributed by atoms with van der Waals surface area (Å²) in [6.07, 6.45) is -6.06. The molecule has 0 spiro atoms. The van der Waals surface area contributed by atoms with Gasteiger partial charge < -0.3 is 33.5 Å². The SMILES string of the molecule is COc1ccc(O[C@@H]2O[C@H](CO)[C@@H](OC(C)=O)[C@H](OC(C)=O)[C@H]2OC(C)=O)cc1. The van der Waals surface area contributed by atoms with E-state index < -0.39 is 55.2 Å². The minimum atomic E-state index is -1.26. The molecule has 160 valence electrons. The van der Waals surface area contributed by atoms with Crippen LogP contribution in [0.1, 0.15) is 20.8 Å². The first kappa shape index (κ1) is 22.4. The van der Waals surface area contributed by atoms with Crippen molar-refractivity contribution < 1.29 is 47.9 Å². The van der Waals surface area contributed by atoms with Crippen LogP contribution in [-0.2, 0) is 33.3 Å². The normalized spacial score (nSPS) is 26.2. The molecule has 1 aliphatic rings. The van der Waals surface area contributed by atoms with Gasteiger partial charge in [0.15, 0.2) is 12.2 Å². The number of carbonyl (C=O) groups excluding carboxylic acids is 3. The molecule has 10 nitrogen and oxygen atoms in total. The molecule has 1 aliphatic heterocycles. The molecule has 5 atom stereocenters. The zero-order valence-electron chi connectivity index (χ0n) is 16.5. The summed E-state index contributed by atoms with van der Waals surface area (Å²) in [4.78, 5) is 34.8. The predicted octanol–water partition coefficient (Wildman–Crippen LogP) is 0.586. The Bertz CT molecular complexity index is 716. The Morgan fingerprint density at radius 2 is 1.34 bits per heavy atom. The van der Waals surface area contributed by atoms with Gasteiger partial charge in [-0.2, -0.15) is 0 Å². The topological polar surface area (TPSA) is 127 Å². The fraction of sp³-hybridized carbons (Fsp3) is 0.526. The van der Waals surface area contributed by atoms with E-state index in [9.17, 15) is 19.5 Å². The van der Waals surface area contributed by atoms with E-state index in [1.807, 2.05) is 0 Å². The highest BCUT2D eigenvalue weighted by atomic mass is 16.7. The standard InChI is InChI=1S/C19H24O10/c1-10(21)25-16-15(9-20)29-19(28-14-7-5-13(24-4)6-8-14)18(27-12(3)23)17(16)26-11(2)22/h5-8,15-20H,9H2,1-4H3/t15-,16-,17+,18-,19-/m1/s1. The van der Waals surface area contributed by atoms with Crippen LogP contribution in [0.25, 0.3) is 0 Å². The van der Waals surface area contributed by atoms with Crippen molar-refractivity contribution in [2.45, 2.75) is 51.5 Å². The average molecular weight is 412 g/mol. The Morgan fingerprint density at radius 3 is 1.83 bits per heavy atom. The van der Waals surface area contributed by atoms with Crippen molar-refractivity contribution in [2.24, 2.45) is 0 Å². The van der Waals surface area contributed by atoms with Gasteiger partial charge in [-0.3, -0.25) is 14.4 Å². The van der Waals surface area contributed by atoms with Crippen LogP contribution >= 0.6 is 0 Å². The predicted molar refractivity (Wildman–Crippen MR) is 96.0 cm³/mol. The zero-order valence-corrected chi connectivity index (χ0v) is 16.5. The van der Waals surface area contributed by atoms with Crippen LogP contribution in [0.5, 0.6) is 11.5 Å². The number of esters is 3. The highest BCUT2D eigenvalue weighted by Crippen LogP contribution is 2.31. The molecule has 1 fully saturated rings. The van der Waals surface area contributed by atoms with Crippen molar-refractivity contribution in [3.63, 3.8) is 0 Å². The maximum atomic E-state index is 11.7. The number of hydrogen-bond acceptors (Lipinski definition) is 10. The number of hydrogen-bond donors (Lipinski definition) is 1. The van der Waals surface area contributed by atoms with E-state index in [1.54, 1.807) is 24.3 Å². The summed E-state index contributed by atoms with van der Waals surface area (Å²) in [6, 6.07) is 6.49. The summed E-state index contributed by atoms with van der Waals surface area (Å²) in [7, 11) is 1.52. The number of ether oxygens (including phenoxy) is 6. The quantitative estimate of drug-likeness (QED) is 0.502. The van der Waals surface area contributed by atoms with Crippen LogP contribution in [0.3, 0.4) is 0 Å². The van der Waals surface area contributed by atoms with Gasteiger partial charge in [0.05, 0.1) is 13.7 Å². The first-order chi connectivity index (χ1) is 13.7. The Morgan fingerprint density at radius 1 is 0.862 bits per heavy atom. The summed E-state index contributed by atoms with van der Waals surface area (Å²) in [5, 5.41) is 9.71. The van der Waals surface area contributed by atoms with E-state index in [0.29, 0.717) is 11.5 Å². The fourth-order valence-electron chi connectivity index (χ4n) is 2.89. The third-order valence-corrected chi connectivity index (χ3v) is 3.99. The van der Waals surface area contributed by atoms with Gasteiger partial charge in [-0.1, -0.05) is 0 Å². The number of aliphatic hydroxyl groups is 1. The summed E-state index contributed by atoms with van der Waals surface area (Å²) < 4.78 is 32.3. The van der Waals surface area contributed by atoms with Crippen molar-refractivity contribution >= 4 is 17.9 Å². The minimum absolute atomic E-state index is 0.345. The van der Waals surface area contributed by atoms with Crippen molar-refractivity contribution in [1.82, 2.24) is 0 Å². The molecule has 1 N–H and O–H groups in total. The van der Waals surface area contributed by atoms with E-state index in [0.717, 1.165) is 20.8 Å². The third-order valence-electron chi connectivity index (χ3n) is 3.99. The first-order valence-corrected chi connectivity index (χ1v) is 8.83. The Labute approximate surface area is 167 Å². The van der Waals surface area contributed by atoms with Crippen LogP contribution < -0.4 is 9.47 Å². The molecule has 10 heteroatoms. The molecule has 1 aromatic carbocycles. The summed E-state index contributed by atoms with van der Waals surface area (Å²) in [5.74, 6) is -1.14. The third kappa shape index (κ3) is 6.06. The summed E-state index contributed by atoms with van der Waals surface area (Å²) in [6.45, 7) is 2.90. The lowest BCUT2D eigenvalue weighted by molar-refractivity contribution is -0.287.